The minimum absolute atomic E-state index is 0.0207. The van der Waals surface area contributed by atoms with Gasteiger partial charge in [0, 0.05) is 82.6 Å². The number of nitrogens with one attached hydrogen (secondary N) is 1. The Morgan fingerprint density at radius 1 is 0.789 bits per heavy atom. The number of aliphatic hydroxyl groups is 1. The maximum atomic E-state index is 12.9. The smallest absolute Gasteiger partial charge is 0.315 e. The molecule has 2 heterocycles. The van der Waals surface area contributed by atoms with Crippen LogP contribution in [0.25, 0.3) is 10.8 Å². The number of carbonyl (C=O) groups is 3. The van der Waals surface area contributed by atoms with Crippen molar-refractivity contribution < 1.29 is 46.9 Å². The van der Waals surface area contributed by atoms with Crippen molar-refractivity contribution in [3.8, 4) is 0 Å². The number of piperidine rings is 2. The summed E-state index contributed by atoms with van der Waals surface area (Å²) < 4.78 is 47.9. The highest BCUT2D eigenvalue weighted by Crippen LogP contribution is 2.25. The number of hydrogen-bond acceptors (Lipinski definition) is 11. The van der Waals surface area contributed by atoms with Crippen LogP contribution in [0.4, 0.5) is 9.59 Å². The number of fused-ring (bicyclic) bond motifs is 1. The average Bonchev–Trinajstić information content (AvgIpc) is 3.18. The Labute approximate surface area is 342 Å². The molecule has 5 amide bonds. The van der Waals surface area contributed by atoms with E-state index in [0.29, 0.717) is 75.6 Å². The van der Waals surface area contributed by atoms with Crippen LogP contribution in [-0.2, 0) is 33.6 Å². The first kappa shape index (κ1) is 48.1. The van der Waals surface area contributed by atoms with Crippen molar-refractivity contribution >= 4 is 50.2 Å². The number of benzene rings is 2. The summed E-state index contributed by atoms with van der Waals surface area (Å²) >= 11 is 5.99. The minimum atomic E-state index is -3.93. The standard InChI is InChI=1S/C26H36ClN3O7S.C13H27N3O3/c1-3-36-24(37-4-2)11-14-30(26(28)33)21-9-12-29(13-10-21)25(32)23(31)17-38(34,35)22-8-6-18-15-20(27)7-5-19(18)16-22;1-3-18-12(19-4-2)7-10-16(13(14)17)11-5-8-15-9-6-11/h5-8,15-16,21,23-24,31H,3-4,9-14,17H2,1-2H3,(H2,28,33);11-12,15H,3-10H2,1-2H3,(H2,14,17)/t23-;/m1./s1. The van der Waals surface area contributed by atoms with Gasteiger partial charge in [-0.15, -0.1) is 0 Å². The van der Waals surface area contributed by atoms with Gasteiger partial charge in [0.2, 0.25) is 0 Å². The van der Waals surface area contributed by atoms with E-state index in [2.05, 4.69) is 5.32 Å². The molecule has 0 bridgehead atoms. The first-order chi connectivity index (χ1) is 27.2. The van der Waals surface area contributed by atoms with Gasteiger partial charge < -0.3 is 55.5 Å². The molecule has 0 radical (unpaired) electrons. The largest absolute Gasteiger partial charge is 0.382 e. The van der Waals surface area contributed by atoms with E-state index in [0.717, 1.165) is 31.3 Å². The number of likely N-dealkylation sites (tertiary alicyclic amines) is 1. The van der Waals surface area contributed by atoms with Gasteiger partial charge in [0.05, 0.1) is 10.6 Å². The fourth-order valence-electron chi connectivity index (χ4n) is 7.10. The quantitative estimate of drug-likeness (QED) is 0.141. The monoisotopic (exact) mass is 842 g/mol. The predicted molar refractivity (Wildman–Crippen MR) is 218 cm³/mol. The van der Waals surface area contributed by atoms with Gasteiger partial charge in [-0.1, -0.05) is 23.7 Å². The Bertz CT molecular complexity index is 1650. The molecule has 2 aliphatic heterocycles. The number of aliphatic hydroxyl groups excluding tert-OH is 1. The van der Waals surface area contributed by atoms with Crippen LogP contribution in [0.5, 0.6) is 0 Å². The van der Waals surface area contributed by atoms with E-state index < -0.39 is 39.9 Å². The van der Waals surface area contributed by atoms with Crippen LogP contribution in [0, 0.1) is 0 Å². The number of nitrogens with two attached hydrogens (primary N) is 2. The van der Waals surface area contributed by atoms with Crippen LogP contribution < -0.4 is 16.8 Å². The molecule has 57 heavy (non-hydrogen) atoms. The van der Waals surface area contributed by atoms with E-state index in [1.807, 2.05) is 27.7 Å². The molecule has 2 aliphatic rings. The SMILES string of the molecule is CCOC(CCN(C(N)=O)C1CCN(C(=O)[C@H](O)CS(=O)(=O)c2ccc3cc(Cl)ccc3c2)CC1)OCC.CCOC(CCN(C(N)=O)C1CCNCC1)OCC. The lowest BCUT2D eigenvalue weighted by molar-refractivity contribution is -0.142. The van der Waals surface area contributed by atoms with E-state index in [9.17, 15) is 27.9 Å². The molecule has 18 heteroatoms. The van der Waals surface area contributed by atoms with Crippen molar-refractivity contribution in [2.75, 3.05) is 71.4 Å². The van der Waals surface area contributed by atoms with Gasteiger partial charge >= 0.3 is 12.1 Å². The van der Waals surface area contributed by atoms with Gasteiger partial charge in [-0.25, -0.2) is 18.0 Å². The number of nitrogens with zero attached hydrogens (tertiary/aromatic N) is 3. The topological polar surface area (TPSA) is 216 Å². The molecule has 322 valence electrons. The predicted octanol–water partition coefficient (Wildman–Crippen LogP) is 3.70. The summed E-state index contributed by atoms with van der Waals surface area (Å²) in [6.45, 7) is 13.1. The molecule has 0 saturated carbocycles. The molecule has 4 rings (SSSR count). The zero-order valence-electron chi connectivity index (χ0n) is 33.8. The number of hydrogen-bond donors (Lipinski definition) is 4. The number of halogens is 1. The Hall–Kier alpha value is -3.29. The van der Waals surface area contributed by atoms with Crippen LogP contribution in [0.1, 0.15) is 66.2 Å². The normalized spacial score (nSPS) is 16.0. The van der Waals surface area contributed by atoms with Crippen molar-refractivity contribution in [3.63, 3.8) is 0 Å². The minimum Gasteiger partial charge on any atom is -0.382 e. The second-order valence-electron chi connectivity index (χ2n) is 13.8. The van der Waals surface area contributed by atoms with E-state index in [4.69, 9.17) is 42.0 Å². The lowest BCUT2D eigenvalue weighted by atomic mass is 10.0. The van der Waals surface area contributed by atoms with Gasteiger partial charge in [0.1, 0.15) is 6.10 Å². The third-order valence-electron chi connectivity index (χ3n) is 9.95. The molecular formula is C39H63ClN6O10S. The number of amides is 5. The number of sulfone groups is 1. The summed E-state index contributed by atoms with van der Waals surface area (Å²) in [6, 6.07) is 8.83. The molecule has 6 N–H and O–H groups in total. The number of urea groups is 2. The lowest BCUT2D eigenvalue weighted by Gasteiger charge is -2.38. The first-order valence-corrected chi connectivity index (χ1v) is 22.0. The summed E-state index contributed by atoms with van der Waals surface area (Å²) in [6.07, 6.45) is 1.54. The van der Waals surface area contributed by atoms with Crippen molar-refractivity contribution in [2.24, 2.45) is 11.5 Å². The third-order valence-corrected chi connectivity index (χ3v) is 11.9. The molecule has 0 aromatic heterocycles. The van der Waals surface area contributed by atoms with Crippen molar-refractivity contribution in [2.45, 2.75) is 102 Å². The highest BCUT2D eigenvalue weighted by molar-refractivity contribution is 7.91. The van der Waals surface area contributed by atoms with Gasteiger partial charge in [-0.2, -0.15) is 0 Å². The Morgan fingerprint density at radius 3 is 1.72 bits per heavy atom. The van der Waals surface area contributed by atoms with Crippen LogP contribution in [0.3, 0.4) is 0 Å². The molecule has 2 aromatic rings. The van der Waals surface area contributed by atoms with Crippen molar-refractivity contribution in [3.05, 3.63) is 41.4 Å². The number of rotatable bonds is 20. The highest BCUT2D eigenvalue weighted by Gasteiger charge is 2.34. The summed E-state index contributed by atoms with van der Waals surface area (Å²) in [4.78, 5) is 41.3. The fourth-order valence-corrected chi connectivity index (χ4v) is 8.61. The van der Waals surface area contributed by atoms with E-state index in [1.165, 1.54) is 17.0 Å². The van der Waals surface area contributed by atoms with Gasteiger partial charge in [-0.05, 0) is 102 Å². The average molecular weight is 843 g/mol. The molecule has 2 aromatic carbocycles. The summed E-state index contributed by atoms with van der Waals surface area (Å²) in [7, 11) is -3.93. The Morgan fingerprint density at radius 2 is 1.25 bits per heavy atom. The molecule has 0 spiro atoms. The van der Waals surface area contributed by atoms with Gasteiger partial charge in [-0.3, -0.25) is 4.79 Å². The zero-order valence-corrected chi connectivity index (χ0v) is 35.3. The maximum Gasteiger partial charge on any atom is 0.315 e. The summed E-state index contributed by atoms with van der Waals surface area (Å²) in [5.41, 5.74) is 11.1. The fraction of sp³-hybridized carbons (Fsp3) is 0.667. The number of primary amides is 2. The summed E-state index contributed by atoms with van der Waals surface area (Å²) in [5, 5.41) is 15.8. The Balaban J connectivity index is 0.000000384. The van der Waals surface area contributed by atoms with E-state index in [-0.39, 0.29) is 42.4 Å². The molecule has 2 saturated heterocycles. The molecule has 1 atom stereocenters. The van der Waals surface area contributed by atoms with Crippen molar-refractivity contribution in [1.29, 1.82) is 0 Å². The van der Waals surface area contributed by atoms with E-state index in [1.54, 1.807) is 34.1 Å². The highest BCUT2D eigenvalue weighted by atomic mass is 35.5. The van der Waals surface area contributed by atoms with Crippen molar-refractivity contribution in [1.82, 2.24) is 20.0 Å². The Kier molecular flexibility index (Phi) is 20.7. The van der Waals surface area contributed by atoms with Crippen LogP contribution >= 0.6 is 11.6 Å². The van der Waals surface area contributed by atoms with E-state index >= 15 is 0 Å². The van der Waals surface area contributed by atoms with Gasteiger partial charge in [0.25, 0.3) is 5.91 Å². The van der Waals surface area contributed by atoms with Crippen LogP contribution in [-0.4, -0.2) is 148 Å². The van der Waals surface area contributed by atoms with Crippen LogP contribution in [0.15, 0.2) is 41.3 Å². The second kappa shape index (κ2) is 24.6. The molecule has 16 nitrogen and oxygen atoms in total. The maximum absolute atomic E-state index is 12.9. The van der Waals surface area contributed by atoms with Crippen LogP contribution in [0.2, 0.25) is 5.02 Å². The number of ether oxygens (including phenoxy) is 4. The lowest BCUT2D eigenvalue weighted by Crippen LogP contribution is -2.53. The van der Waals surface area contributed by atoms with Gasteiger partial charge in [0.15, 0.2) is 22.4 Å². The second-order valence-corrected chi connectivity index (χ2v) is 16.3. The zero-order chi connectivity index (χ0) is 42.0. The first-order valence-electron chi connectivity index (χ1n) is 19.9. The summed E-state index contributed by atoms with van der Waals surface area (Å²) in [5.74, 6) is -1.38. The molecule has 0 unspecified atom stereocenters. The number of carbonyl (C=O) groups excluding carboxylic acids is 3. The molecule has 2 fully saturated rings. The molecular weight excluding hydrogens is 780 g/mol. The molecule has 0 aliphatic carbocycles. The third kappa shape index (κ3) is 15.4.